The van der Waals surface area contributed by atoms with Crippen molar-refractivity contribution in [3.8, 4) is 5.75 Å². The number of amides is 1. The summed E-state index contributed by atoms with van der Waals surface area (Å²) in [6.07, 6.45) is 3.52. The van der Waals surface area contributed by atoms with Crippen molar-refractivity contribution in [3.05, 3.63) is 59.9 Å². The molecule has 0 spiro atoms. The van der Waals surface area contributed by atoms with Crippen LogP contribution in [0.5, 0.6) is 5.75 Å². The minimum atomic E-state index is -0.287. The number of para-hydroxylation sites is 1. The highest BCUT2D eigenvalue weighted by Crippen LogP contribution is 2.39. The van der Waals surface area contributed by atoms with E-state index in [1.807, 2.05) is 37.4 Å². The summed E-state index contributed by atoms with van der Waals surface area (Å²) >= 11 is 0. The van der Waals surface area contributed by atoms with Crippen LogP contribution in [0.15, 0.2) is 48.7 Å². The summed E-state index contributed by atoms with van der Waals surface area (Å²) in [4.78, 5) is 21.4. The largest absolute Gasteiger partial charge is 0.415 e. The Morgan fingerprint density at radius 1 is 1.10 bits per heavy atom. The highest BCUT2D eigenvalue weighted by atomic mass is 16.6. The molecule has 160 valence electrons. The average molecular weight is 411 g/mol. The van der Waals surface area contributed by atoms with Crippen molar-refractivity contribution in [2.24, 2.45) is 5.73 Å². The number of carbonyl (C=O) groups is 1. The third-order valence-electron chi connectivity index (χ3n) is 6.20. The van der Waals surface area contributed by atoms with Gasteiger partial charge >= 0.3 is 6.09 Å². The van der Waals surface area contributed by atoms with Gasteiger partial charge in [0.2, 0.25) is 0 Å². The van der Waals surface area contributed by atoms with Crippen LogP contribution in [-0.2, 0) is 10.3 Å². The number of hydrogen-bond acceptors (Lipinski definition) is 6. The molecule has 2 saturated heterocycles. The Kier molecular flexibility index (Phi) is 6.32. The molecule has 1 amide bonds. The van der Waals surface area contributed by atoms with Crippen LogP contribution in [0.4, 0.5) is 4.79 Å². The first-order chi connectivity index (χ1) is 14.6. The van der Waals surface area contributed by atoms with Crippen LogP contribution in [0.3, 0.4) is 0 Å². The fraction of sp³-hybridized carbons (Fsp3) is 0.478. The molecule has 2 aromatic rings. The summed E-state index contributed by atoms with van der Waals surface area (Å²) in [6, 6.07) is 13.3. The molecular formula is C23H30N4O3. The zero-order valence-electron chi connectivity index (χ0n) is 17.5. The quantitative estimate of drug-likeness (QED) is 0.835. The molecular weight excluding hydrogens is 380 g/mol. The molecule has 0 bridgehead atoms. The topological polar surface area (TPSA) is 80.9 Å². The van der Waals surface area contributed by atoms with Crippen LogP contribution in [0, 0.1) is 0 Å². The summed E-state index contributed by atoms with van der Waals surface area (Å²) in [7, 11) is 0. The molecule has 1 aromatic carbocycles. The van der Waals surface area contributed by atoms with Crippen LogP contribution in [0.2, 0.25) is 0 Å². The van der Waals surface area contributed by atoms with E-state index in [1.165, 1.54) is 5.56 Å². The number of carbonyl (C=O) groups excluding carboxylic acids is 1. The monoisotopic (exact) mass is 410 g/mol. The molecule has 1 atom stereocenters. The fourth-order valence-electron chi connectivity index (χ4n) is 4.42. The predicted octanol–water partition coefficient (Wildman–Crippen LogP) is 2.92. The lowest BCUT2D eigenvalue weighted by Crippen LogP contribution is -2.58. The number of benzene rings is 1. The van der Waals surface area contributed by atoms with Gasteiger partial charge in [-0.05, 0) is 43.5 Å². The maximum absolute atomic E-state index is 12.5. The SMILES string of the molecule is C[C@@H](N)c1ccc(C2(N3CCN(C(=O)Oc4ccccc4)CC3)CCOCC2)cn1. The van der Waals surface area contributed by atoms with E-state index in [0.717, 1.165) is 44.8 Å². The fourth-order valence-corrected chi connectivity index (χ4v) is 4.42. The van der Waals surface area contributed by atoms with Crippen molar-refractivity contribution in [1.82, 2.24) is 14.8 Å². The van der Waals surface area contributed by atoms with Crippen molar-refractivity contribution in [3.63, 3.8) is 0 Å². The maximum Gasteiger partial charge on any atom is 0.415 e. The van der Waals surface area contributed by atoms with Gasteiger partial charge in [0.1, 0.15) is 5.75 Å². The molecule has 30 heavy (non-hydrogen) atoms. The van der Waals surface area contributed by atoms with E-state index in [9.17, 15) is 4.79 Å². The van der Waals surface area contributed by atoms with Gasteiger partial charge in [0, 0.05) is 51.6 Å². The van der Waals surface area contributed by atoms with Crippen LogP contribution in [0.1, 0.15) is 37.1 Å². The first-order valence-electron chi connectivity index (χ1n) is 10.7. The number of piperazine rings is 1. The Morgan fingerprint density at radius 3 is 2.40 bits per heavy atom. The number of rotatable bonds is 4. The van der Waals surface area contributed by atoms with Crippen LogP contribution in [-0.4, -0.2) is 60.3 Å². The molecule has 0 radical (unpaired) electrons. The predicted molar refractivity (Wildman–Crippen MR) is 114 cm³/mol. The van der Waals surface area contributed by atoms with Crippen molar-refractivity contribution in [1.29, 1.82) is 0 Å². The Morgan fingerprint density at radius 2 is 1.80 bits per heavy atom. The van der Waals surface area contributed by atoms with E-state index in [1.54, 1.807) is 17.0 Å². The minimum absolute atomic E-state index is 0.0798. The van der Waals surface area contributed by atoms with Gasteiger partial charge in [-0.3, -0.25) is 9.88 Å². The van der Waals surface area contributed by atoms with Gasteiger partial charge in [-0.25, -0.2) is 4.79 Å². The molecule has 3 heterocycles. The highest BCUT2D eigenvalue weighted by Gasteiger charge is 2.42. The Balaban J connectivity index is 1.45. The van der Waals surface area contributed by atoms with Crippen LogP contribution >= 0.6 is 0 Å². The Bertz CT molecular complexity index is 827. The summed E-state index contributed by atoms with van der Waals surface area (Å²) in [6.45, 7) is 6.26. The number of nitrogens with two attached hydrogens (primary N) is 1. The van der Waals surface area contributed by atoms with Crippen LogP contribution in [0.25, 0.3) is 0 Å². The lowest BCUT2D eigenvalue weighted by molar-refractivity contribution is -0.0485. The zero-order chi connectivity index (χ0) is 21.0. The van der Waals surface area contributed by atoms with Gasteiger partial charge in [-0.1, -0.05) is 24.3 Å². The van der Waals surface area contributed by atoms with Crippen molar-refractivity contribution < 1.29 is 14.3 Å². The smallest absolute Gasteiger partial charge is 0.410 e. The van der Waals surface area contributed by atoms with Crippen molar-refractivity contribution in [2.75, 3.05) is 39.4 Å². The van der Waals surface area contributed by atoms with Crippen LogP contribution < -0.4 is 10.5 Å². The number of pyridine rings is 1. The molecule has 0 saturated carbocycles. The van der Waals surface area contributed by atoms with E-state index in [4.69, 9.17) is 15.2 Å². The second-order valence-electron chi connectivity index (χ2n) is 8.06. The summed E-state index contributed by atoms with van der Waals surface area (Å²) < 4.78 is 11.2. The summed E-state index contributed by atoms with van der Waals surface area (Å²) in [5.74, 6) is 0.575. The van der Waals surface area contributed by atoms with E-state index in [0.29, 0.717) is 18.8 Å². The van der Waals surface area contributed by atoms with Gasteiger partial charge in [-0.15, -0.1) is 0 Å². The highest BCUT2D eigenvalue weighted by molar-refractivity contribution is 5.70. The lowest BCUT2D eigenvalue weighted by atomic mass is 9.81. The van der Waals surface area contributed by atoms with E-state index < -0.39 is 0 Å². The molecule has 1 aromatic heterocycles. The van der Waals surface area contributed by atoms with E-state index >= 15 is 0 Å². The molecule has 2 aliphatic heterocycles. The molecule has 2 N–H and O–H groups in total. The van der Waals surface area contributed by atoms with E-state index in [2.05, 4.69) is 16.0 Å². The lowest BCUT2D eigenvalue weighted by Gasteiger charge is -2.49. The first kappa shape index (κ1) is 20.8. The van der Waals surface area contributed by atoms with E-state index in [-0.39, 0.29) is 17.7 Å². The zero-order valence-corrected chi connectivity index (χ0v) is 17.5. The number of hydrogen-bond donors (Lipinski definition) is 1. The third-order valence-corrected chi connectivity index (χ3v) is 6.20. The van der Waals surface area contributed by atoms with Gasteiger partial charge < -0.3 is 20.1 Å². The molecule has 7 nitrogen and oxygen atoms in total. The average Bonchev–Trinajstić information content (AvgIpc) is 2.80. The van der Waals surface area contributed by atoms with Gasteiger partial charge in [0.05, 0.1) is 11.2 Å². The van der Waals surface area contributed by atoms with Gasteiger partial charge in [0.25, 0.3) is 0 Å². The molecule has 4 rings (SSSR count). The summed E-state index contributed by atoms with van der Waals surface area (Å²) in [5, 5.41) is 0. The number of aromatic nitrogens is 1. The normalized spacial score (nSPS) is 20.5. The van der Waals surface area contributed by atoms with Gasteiger partial charge in [-0.2, -0.15) is 0 Å². The Labute approximate surface area is 177 Å². The Hall–Kier alpha value is -2.48. The second kappa shape index (κ2) is 9.12. The molecule has 7 heteroatoms. The minimum Gasteiger partial charge on any atom is -0.410 e. The standard InChI is InChI=1S/C23H30N4O3/c1-18(24)21-8-7-19(17-25-21)23(9-15-29-16-10-23)27-13-11-26(12-14-27)22(28)30-20-5-3-2-4-6-20/h2-8,17-18H,9-16,24H2,1H3/t18-/m1/s1. The number of nitrogens with zero attached hydrogens (tertiary/aromatic N) is 3. The van der Waals surface area contributed by atoms with Gasteiger partial charge in [0.15, 0.2) is 0 Å². The van der Waals surface area contributed by atoms with Crippen molar-refractivity contribution >= 4 is 6.09 Å². The molecule has 0 aliphatic carbocycles. The first-order valence-corrected chi connectivity index (χ1v) is 10.7. The molecule has 0 unspecified atom stereocenters. The third kappa shape index (κ3) is 4.33. The second-order valence-corrected chi connectivity index (χ2v) is 8.06. The molecule has 2 fully saturated rings. The summed E-state index contributed by atoms with van der Waals surface area (Å²) in [5.41, 5.74) is 7.96. The van der Waals surface area contributed by atoms with Crippen molar-refractivity contribution in [2.45, 2.75) is 31.3 Å². The number of ether oxygens (including phenoxy) is 2. The maximum atomic E-state index is 12.5. The molecule has 2 aliphatic rings.